The highest BCUT2D eigenvalue weighted by molar-refractivity contribution is 5.91. The molecule has 1 aliphatic heterocycles. The SMILES string of the molecule is Cc1cc(C)n(CC2CCCN2CC(=O)Nc2ccnn2C(C)C)n1. The van der Waals surface area contributed by atoms with Gasteiger partial charge in [0.25, 0.3) is 0 Å². The van der Waals surface area contributed by atoms with Gasteiger partial charge in [-0.3, -0.25) is 14.4 Å². The number of anilines is 1. The van der Waals surface area contributed by atoms with E-state index in [0.717, 1.165) is 37.4 Å². The van der Waals surface area contributed by atoms with Crippen molar-refractivity contribution in [2.24, 2.45) is 0 Å². The van der Waals surface area contributed by atoms with Gasteiger partial charge in [0.2, 0.25) is 5.91 Å². The number of aromatic nitrogens is 4. The van der Waals surface area contributed by atoms with Crippen LogP contribution in [-0.4, -0.2) is 49.5 Å². The third-order valence-electron chi connectivity index (χ3n) is 4.76. The lowest BCUT2D eigenvalue weighted by Gasteiger charge is -2.24. The number of rotatable bonds is 6. The third-order valence-corrected chi connectivity index (χ3v) is 4.76. The lowest BCUT2D eigenvalue weighted by atomic mass is 10.2. The van der Waals surface area contributed by atoms with Gasteiger partial charge in [-0.2, -0.15) is 10.2 Å². The number of likely N-dealkylation sites (tertiary alicyclic amines) is 1. The van der Waals surface area contributed by atoms with Crippen LogP contribution in [0.3, 0.4) is 0 Å². The molecule has 0 radical (unpaired) electrons. The van der Waals surface area contributed by atoms with Gasteiger partial charge in [0.05, 0.1) is 25.0 Å². The van der Waals surface area contributed by atoms with Crippen molar-refractivity contribution in [3.63, 3.8) is 0 Å². The molecule has 25 heavy (non-hydrogen) atoms. The zero-order chi connectivity index (χ0) is 18.0. The molecule has 2 aromatic rings. The number of aryl methyl sites for hydroxylation is 2. The van der Waals surface area contributed by atoms with Crippen LogP contribution in [0.15, 0.2) is 18.3 Å². The Bertz CT molecular complexity index is 732. The average Bonchev–Trinajstić information content (AvgIpc) is 3.22. The molecule has 1 aliphatic rings. The number of carbonyl (C=O) groups is 1. The molecule has 7 nitrogen and oxygen atoms in total. The highest BCUT2D eigenvalue weighted by atomic mass is 16.2. The van der Waals surface area contributed by atoms with Gasteiger partial charge in [-0.1, -0.05) is 0 Å². The first-order valence-corrected chi connectivity index (χ1v) is 9.02. The van der Waals surface area contributed by atoms with Crippen molar-refractivity contribution >= 4 is 11.7 Å². The van der Waals surface area contributed by atoms with E-state index in [0.29, 0.717) is 12.6 Å². The van der Waals surface area contributed by atoms with Gasteiger partial charge in [-0.05, 0) is 53.1 Å². The van der Waals surface area contributed by atoms with E-state index < -0.39 is 0 Å². The number of amides is 1. The van der Waals surface area contributed by atoms with Crippen molar-refractivity contribution in [3.8, 4) is 0 Å². The Labute approximate surface area is 149 Å². The number of carbonyl (C=O) groups excluding carboxylic acids is 1. The summed E-state index contributed by atoms with van der Waals surface area (Å²) in [5, 5.41) is 11.8. The normalized spacial score (nSPS) is 18.2. The van der Waals surface area contributed by atoms with Crippen LogP contribution in [-0.2, 0) is 11.3 Å². The lowest BCUT2D eigenvalue weighted by Crippen LogP contribution is -2.39. The van der Waals surface area contributed by atoms with E-state index in [9.17, 15) is 4.79 Å². The minimum Gasteiger partial charge on any atom is -0.310 e. The quantitative estimate of drug-likeness (QED) is 0.874. The van der Waals surface area contributed by atoms with Gasteiger partial charge in [-0.15, -0.1) is 0 Å². The van der Waals surface area contributed by atoms with Gasteiger partial charge in [0.15, 0.2) is 0 Å². The van der Waals surface area contributed by atoms with E-state index in [1.54, 1.807) is 6.20 Å². The monoisotopic (exact) mass is 344 g/mol. The number of nitrogens with one attached hydrogen (secondary N) is 1. The molecule has 0 spiro atoms. The molecular formula is C18H28N6O. The maximum atomic E-state index is 12.5. The Morgan fingerprint density at radius 3 is 2.88 bits per heavy atom. The molecule has 1 unspecified atom stereocenters. The first-order chi connectivity index (χ1) is 11.9. The smallest absolute Gasteiger partial charge is 0.239 e. The predicted octanol–water partition coefficient (Wildman–Crippen LogP) is 2.38. The van der Waals surface area contributed by atoms with Crippen LogP contribution in [0.4, 0.5) is 5.82 Å². The largest absolute Gasteiger partial charge is 0.310 e. The zero-order valence-corrected chi connectivity index (χ0v) is 15.6. The first kappa shape index (κ1) is 17.7. The van der Waals surface area contributed by atoms with E-state index in [-0.39, 0.29) is 11.9 Å². The fourth-order valence-corrected chi connectivity index (χ4v) is 3.56. The minimum atomic E-state index is 0.0164. The Morgan fingerprint density at radius 1 is 1.40 bits per heavy atom. The number of nitrogens with zero attached hydrogens (tertiary/aromatic N) is 5. The molecule has 1 amide bonds. The summed E-state index contributed by atoms with van der Waals surface area (Å²) < 4.78 is 3.89. The summed E-state index contributed by atoms with van der Waals surface area (Å²) in [5.74, 6) is 0.775. The van der Waals surface area contributed by atoms with E-state index in [4.69, 9.17) is 0 Å². The average molecular weight is 344 g/mol. The molecule has 1 N–H and O–H groups in total. The second kappa shape index (κ2) is 7.39. The van der Waals surface area contributed by atoms with Gasteiger partial charge < -0.3 is 5.32 Å². The zero-order valence-electron chi connectivity index (χ0n) is 15.6. The molecule has 3 heterocycles. The standard InChI is InChI=1S/C18H28N6O/c1-13(2)24-17(7-8-19-24)20-18(25)12-22-9-5-6-16(22)11-23-15(4)10-14(3)21-23/h7-8,10,13,16H,5-6,9,11-12H2,1-4H3,(H,20,25). The van der Waals surface area contributed by atoms with Crippen LogP contribution < -0.4 is 5.32 Å². The molecule has 3 rings (SSSR count). The second-order valence-corrected chi connectivity index (χ2v) is 7.18. The molecule has 0 bridgehead atoms. The molecular weight excluding hydrogens is 316 g/mol. The molecule has 0 aromatic carbocycles. The predicted molar refractivity (Wildman–Crippen MR) is 97.5 cm³/mol. The van der Waals surface area contributed by atoms with Gasteiger partial charge in [0, 0.05) is 23.8 Å². The highest BCUT2D eigenvalue weighted by Gasteiger charge is 2.27. The van der Waals surface area contributed by atoms with E-state index >= 15 is 0 Å². The highest BCUT2D eigenvalue weighted by Crippen LogP contribution is 2.20. The fraction of sp³-hybridized carbons (Fsp3) is 0.611. The van der Waals surface area contributed by atoms with Crippen LogP contribution in [0.25, 0.3) is 0 Å². The molecule has 2 aromatic heterocycles. The number of hydrogen-bond acceptors (Lipinski definition) is 4. The third kappa shape index (κ3) is 4.10. The van der Waals surface area contributed by atoms with Gasteiger partial charge in [0.1, 0.15) is 5.82 Å². The van der Waals surface area contributed by atoms with Gasteiger partial charge in [-0.25, -0.2) is 4.68 Å². The first-order valence-electron chi connectivity index (χ1n) is 9.02. The Kier molecular flexibility index (Phi) is 5.22. The minimum absolute atomic E-state index is 0.0164. The molecule has 1 saturated heterocycles. The molecule has 1 atom stereocenters. The topological polar surface area (TPSA) is 68.0 Å². The van der Waals surface area contributed by atoms with Crippen molar-refractivity contribution in [3.05, 3.63) is 29.7 Å². The van der Waals surface area contributed by atoms with Crippen LogP contribution in [0.1, 0.15) is 44.1 Å². The van der Waals surface area contributed by atoms with E-state index in [2.05, 4.69) is 38.1 Å². The molecule has 0 aliphatic carbocycles. The summed E-state index contributed by atoms with van der Waals surface area (Å²) in [7, 11) is 0. The van der Waals surface area contributed by atoms with E-state index in [1.807, 2.05) is 31.5 Å². The van der Waals surface area contributed by atoms with Crippen molar-refractivity contribution in [2.45, 2.75) is 59.2 Å². The second-order valence-electron chi connectivity index (χ2n) is 7.18. The van der Waals surface area contributed by atoms with Crippen LogP contribution in [0.2, 0.25) is 0 Å². The van der Waals surface area contributed by atoms with Crippen LogP contribution >= 0.6 is 0 Å². The summed E-state index contributed by atoms with van der Waals surface area (Å²) in [4.78, 5) is 14.8. The Balaban J connectivity index is 1.60. The molecule has 136 valence electrons. The molecule has 7 heteroatoms. The lowest BCUT2D eigenvalue weighted by molar-refractivity contribution is -0.117. The van der Waals surface area contributed by atoms with Crippen molar-refractivity contribution < 1.29 is 4.79 Å². The van der Waals surface area contributed by atoms with Crippen molar-refractivity contribution in [1.29, 1.82) is 0 Å². The summed E-state index contributed by atoms with van der Waals surface area (Å²) in [6, 6.07) is 4.52. The summed E-state index contributed by atoms with van der Waals surface area (Å²) in [6.07, 6.45) is 3.95. The maximum absolute atomic E-state index is 12.5. The Hall–Kier alpha value is -2.15. The van der Waals surface area contributed by atoms with E-state index in [1.165, 1.54) is 5.69 Å². The summed E-state index contributed by atoms with van der Waals surface area (Å²) in [5.41, 5.74) is 2.22. The van der Waals surface area contributed by atoms with Crippen molar-refractivity contribution in [1.82, 2.24) is 24.5 Å². The summed E-state index contributed by atoms with van der Waals surface area (Å²) >= 11 is 0. The van der Waals surface area contributed by atoms with Gasteiger partial charge >= 0.3 is 0 Å². The Morgan fingerprint density at radius 2 is 2.20 bits per heavy atom. The summed E-state index contributed by atoms with van der Waals surface area (Å²) in [6.45, 7) is 10.4. The van der Waals surface area contributed by atoms with Crippen molar-refractivity contribution in [2.75, 3.05) is 18.4 Å². The number of hydrogen-bond donors (Lipinski definition) is 1. The molecule has 1 fully saturated rings. The molecule has 0 saturated carbocycles. The van der Waals surface area contributed by atoms with Crippen LogP contribution in [0.5, 0.6) is 0 Å². The maximum Gasteiger partial charge on any atom is 0.239 e. The van der Waals surface area contributed by atoms with Crippen LogP contribution in [0, 0.1) is 13.8 Å². The fourth-order valence-electron chi connectivity index (χ4n) is 3.56.